The monoisotopic (exact) mass is 480 g/mol. The van der Waals surface area contributed by atoms with Crippen LogP contribution in [0.15, 0.2) is 35.7 Å². The maximum atomic E-state index is 12.6. The zero-order valence-electron chi connectivity index (χ0n) is 19.0. The lowest BCUT2D eigenvalue weighted by Gasteiger charge is -2.17. The van der Waals surface area contributed by atoms with Gasteiger partial charge in [0, 0.05) is 34.5 Å². The van der Waals surface area contributed by atoms with E-state index < -0.39 is 17.8 Å². The molecule has 3 aromatic rings. The van der Waals surface area contributed by atoms with Crippen LogP contribution in [0.25, 0.3) is 21.6 Å². The summed E-state index contributed by atoms with van der Waals surface area (Å²) in [5.74, 6) is -1.84. The van der Waals surface area contributed by atoms with Gasteiger partial charge >= 0.3 is 11.9 Å². The molecule has 1 amide bonds. The zero-order valence-corrected chi connectivity index (χ0v) is 19.8. The van der Waals surface area contributed by atoms with Crippen molar-refractivity contribution < 1.29 is 29.0 Å². The summed E-state index contributed by atoms with van der Waals surface area (Å²) in [6.07, 6.45) is 1.32. The van der Waals surface area contributed by atoms with Crippen molar-refractivity contribution in [1.29, 1.82) is 0 Å². The van der Waals surface area contributed by atoms with E-state index in [1.54, 1.807) is 12.1 Å². The summed E-state index contributed by atoms with van der Waals surface area (Å²) in [6.45, 7) is 4.33. The fraction of sp³-hybridized carbons (Fsp3) is 0.280. The first-order valence-electron chi connectivity index (χ1n) is 10.9. The quantitative estimate of drug-likeness (QED) is 0.502. The minimum absolute atomic E-state index is 0.00797. The molecule has 0 saturated carbocycles. The minimum atomic E-state index is -1.16. The molecular weight excluding hydrogens is 456 g/mol. The van der Waals surface area contributed by atoms with Crippen LogP contribution in [0.4, 0.5) is 0 Å². The lowest BCUT2D eigenvalue weighted by atomic mass is 9.94. The number of carboxylic acid groups (broad SMARTS) is 1. The predicted octanol–water partition coefficient (Wildman–Crippen LogP) is 4.43. The Balaban J connectivity index is 1.91. The Hall–Kier alpha value is -3.72. The fourth-order valence-corrected chi connectivity index (χ4v) is 4.90. The number of nitrogens with one attached hydrogen (secondary N) is 1. The second kappa shape index (κ2) is 9.64. The number of nitrogens with zero attached hydrogens (tertiary/aromatic N) is 1. The number of hydrogen-bond donors (Lipinski definition) is 2. The molecule has 0 unspecified atom stereocenters. The summed E-state index contributed by atoms with van der Waals surface area (Å²) in [5.41, 5.74) is 2.17. The second-order valence-electron chi connectivity index (χ2n) is 7.95. The molecule has 1 aliphatic rings. The Kier molecular flexibility index (Phi) is 6.65. The number of fused-ring (bicyclic) bond motifs is 3. The van der Waals surface area contributed by atoms with Gasteiger partial charge in [-0.2, -0.15) is 0 Å². The maximum absolute atomic E-state index is 12.6. The number of aromatic carboxylic acids is 1. The Morgan fingerprint density at radius 3 is 2.71 bits per heavy atom. The Bertz CT molecular complexity index is 1280. The highest BCUT2D eigenvalue weighted by atomic mass is 32.1. The van der Waals surface area contributed by atoms with Crippen molar-refractivity contribution in [1.82, 2.24) is 10.3 Å². The SMILES string of the molecule is CCCNC(=O)c1ccc(-c2cc3c(cc2C(=O)O)-c2sccc2C[C@H](C)O3)c(C(=O)OC)n1. The van der Waals surface area contributed by atoms with Crippen LogP contribution in [0.5, 0.6) is 5.75 Å². The van der Waals surface area contributed by atoms with Crippen molar-refractivity contribution in [3.8, 4) is 27.3 Å². The van der Waals surface area contributed by atoms with E-state index in [1.807, 2.05) is 25.3 Å². The van der Waals surface area contributed by atoms with E-state index in [0.717, 1.165) is 16.9 Å². The third-order valence-electron chi connectivity index (χ3n) is 5.51. The van der Waals surface area contributed by atoms with E-state index in [-0.39, 0.29) is 34.2 Å². The number of amides is 1. The van der Waals surface area contributed by atoms with E-state index in [4.69, 9.17) is 9.47 Å². The smallest absolute Gasteiger partial charge is 0.357 e. The summed E-state index contributed by atoms with van der Waals surface area (Å²) in [4.78, 5) is 42.5. The van der Waals surface area contributed by atoms with Gasteiger partial charge in [-0.1, -0.05) is 6.92 Å². The van der Waals surface area contributed by atoms with Gasteiger partial charge in [0.05, 0.1) is 12.7 Å². The number of hydrogen-bond acceptors (Lipinski definition) is 7. The van der Waals surface area contributed by atoms with Gasteiger partial charge in [0.2, 0.25) is 0 Å². The predicted molar refractivity (Wildman–Crippen MR) is 128 cm³/mol. The summed E-state index contributed by atoms with van der Waals surface area (Å²) in [7, 11) is 1.20. The largest absolute Gasteiger partial charge is 0.490 e. The number of carbonyl (C=O) groups excluding carboxylic acids is 2. The van der Waals surface area contributed by atoms with Crippen LogP contribution in [0.2, 0.25) is 0 Å². The Morgan fingerprint density at radius 1 is 1.21 bits per heavy atom. The van der Waals surface area contributed by atoms with E-state index in [2.05, 4.69) is 10.3 Å². The van der Waals surface area contributed by atoms with Crippen LogP contribution in [0, 0.1) is 0 Å². The Labute approximate surface area is 200 Å². The van der Waals surface area contributed by atoms with Crippen LogP contribution >= 0.6 is 11.3 Å². The molecule has 0 spiro atoms. The van der Waals surface area contributed by atoms with E-state index in [9.17, 15) is 19.5 Å². The van der Waals surface area contributed by atoms with Crippen LogP contribution in [0.3, 0.4) is 0 Å². The molecule has 0 fully saturated rings. The van der Waals surface area contributed by atoms with Gasteiger partial charge in [-0.15, -0.1) is 11.3 Å². The molecule has 0 bridgehead atoms. The number of ether oxygens (including phenoxy) is 2. The highest BCUT2D eigenvalue weighted by molar-refractivity contribution is 7.13. The molecule has 0 radical (unpaired) electrons. The molecule has 176 valence electrons. The van der Waals surface area contributed by atoms with E-state index >= 15 is 0 Å². The first kappa shape index (κ1) is 23.4. The topological polar surface area (TPSA) is 115 Å². The van der Waals surface area contributed by atoms with Crippen LogP contribution in [-0.2, 0) is 11.2 Å². The fourth-order valence-electron chi connectivity index (χ4n) is 3.94. The average molecular weight is 481 g/mol. The van der Waals surface area contributed by atoms with Crippen LogP contribution < -0.4 is 10.1 Å². The van der Waals surface area contributed by atoms with Crippen molar-refractivity contribution in [2.75, 3.05) is 13.7 Å². The zero-order chi connectivity index (χ0) is 24.4. The number of pyridine rings is 1. The van der Waals surface area contributed by atoms with Crippen molar-refractivity contribution in [2.45, 2.75) is 32.8 Å². The van der Waals surface area contributed by atoms with E-state index in [1.165, 1.54) is 30.6 Å². The molecular formula is C25H24N2O6S. The Morgan fingerprint density at radius 2 is 2.00 bits per heavy atom. The molecule has 0 saturated heterocycles. The lowest BCUT2D eigenvalue weighted by Crippen LogP contribution is -2.25. The molecule has 9 heteroatoms. The molecule has 3 heterocycles. The number of rotatable bonds is 6. The van der Waals surface area contributed by atoms with Crippen molar-refractivity contribution in [3.05, 3.63) is 58.2 Å². The third-order valence-corrected chi connectivity index (χ3v) is 6.50. The van der Waals surface area contributed by atoms with Gasteiger partial charge in [-0.3, -0.25) is 4.79 Å². The van der Waals surface area contributed by atoms with Crippen LogP contribution in [0.1, 0.15) is 57.2 Å². The maximum Gasteiger partial charge on any atom is 0.357 e. The van der Waals surface area contributed by atoms with Gasteiger partial charge in [-0.05, 0) is 54.6 Å². The van der Waals surface area contributed by atoms with Gasteiger partial charge < -0.3 is 19.9 Å². The average Bonchev–Trinajstić information content (AvgIpc) is 3.23. The standard InChI is InChI=1S/C25H24N2O6S/c1-4-8-26-23(28)19-6-5-15(21(27-19)25(31)32-3)16-12-20-18(11-17(16)24(29)30)22-14(7-9-34-22)10-13(2)33-20/h5-7,9,11-13H,4,8,10H2,1-3H3,(H,26,28)(H,29,30)/t13-/m0/s1. The molecule has 1 aromatic carbocycles. The lowest BCUT2D eigenvalue weighted by molar-refractivity contribution is 0.0593. The summed E-state index contributed by atoms with van der Waals surface area (Å²) in [6, 6.07) is 8.20. The summed E-state index contributed by atoms with van der Waals surface area (Å²) < 4.78 is 11.0. The number of benzene rings is 1. The minimum Gasteiger partial charge on any atom is -0.490 e. The highest BCUT2D eigenvalue weighted by Crippen LogP contribution is 2.44. The molecule has 34 heavy (non-hydrogen) atoms. The van der Waals surface area contributed by atoms with Crippen LogP contribution in [-0.4, -0.2) is 47.7 Å². The summed E-state index contributed by atoms with van der Waals surface area (Å²) in [5, 5.41) is 14.7. The number of carboxylic acids is 1. The number of methoxy groups -OCH3 is 1. The highest BCUT2D eigenvalue weighted by Gasteiger charge is 2.27. The molecule has 2 N–H and O–H groups in total. The molecule has 0 aliphatic carbocycles. The number of esters is 1. The van der Waals surface area contributed by atoms with Crippen molar-refractivity contribution >= 4 is 29.2 Å². The molecule has 4 rings (SSSR count). The molecule has 8 nitrogen and oxygen atoms in total. The molecule has 1 aliphatic heterocycles. The number of carbonyl (C=O) groups is 3. The van der Waals surface area contributed by atoms with Gasteiger partial charge in [0.15, 0.2) is 5.69 Å². The van der Waals surface area contributed by atoms with Gasteiger partial charge in [-0.25, -0.2) is 14.6 Å². The van der Waals surface area contributed by atoms with Crippen molar-refractivity contribution in [2.24, 2.45) is 0 Å². The first-order valence-corrected chi connectivity index (χ1v) is 11.7. The third kappa shape index (κ3) is 4.38. The summed E-state index contributed by atoms with van der Waals surface area (Å²) >= 11 is 1.52. The van der Waals surface area contributed by atoms with Gasteiger partial charge in [0.25, 0.3) is 5.91 Å². The first-order chi connectivity index (χ1) is 16.3. The molecule has 2 aromatic heterocycles. The number of aromatic nitrogens is 1. The second-order valence-corrected chi connectivity index (χ2v) is 8.86. The van der Waals surface area contributed by atoms with Crippen molar-refractivity contribution in [3.63, 3.8) is 0 Å². The number of thiophene rings is 1. The normalized spacial score (nSPS) is 14.3. The molecule has 1 atom stereocenters. The van der Waals surface area contributed by atoms with Gasteiger partial charge in [0.1, 0.15) is 17.5 Å². The van der Waals surface area contributed by atoms with E-state index in [0.29, 0.717) is 24.3 Å².